The molecule has 2 aliphatic rings. The van der Waals surface area contributed by atoms with Gasteiger partial charge in [-0.15, -0.1) is 0 Å². The zero-order valence-corrected chi connectivity index (χ0v) is 17.8. The molecule has 0 bridgehead atoms. The number of aromatic nitrogens is 1. The molecule has 0 radical (unpaired) electrons. The molecule has 1 aromatic heterocycles. The maximum Gasteiger partial charge on any atom is 0.228 e. The van der Waals surface area contributed by atoms with Gasteiger partial charge in [0.15, 0.2) is 0 Å². The Bertz CT molecular complexity index is 865. The number of carbonyl (C=O) groups excluding carboxylic acids is 1. The van der Waals surface area contributed by atoms with Crippen LogP contribution in [0.4, 0.5) is 11.5 Å². The van der Waals surface area contributed by atoms with Gasteiger partial charge in [0.1, 0.15) is 5.82 Å². The molecule has 1 aromatic carbocycles. The van der Waals surface area contributed by atoms with Gasteiger partial charge in [0, 0.05) is 43.8 Å². The number of rotatable bonds is 7. The lowest BCUT2D eigenvalue weighted by molar-refractivity contribution is -0.118. The van der Waals surface area contributed by atoms with Gasteiger partial charge in [-0.1, -0.05) is 23.7 Å². The molecule has 0 spiro atoms. The first-order chi connectivity index (χ1) is 14.7. The van der Waals surface area contributed by atoms with Gasteiger partial charge in [0.2, 0.25) is 5.91 Å². The lowest BCUT2D eigenvalue weighted by Crippen LogP contribution is -2.22. The van der Waals surface area contributed by atoms with Crippen LogP contribution in [0.2, 0.25) is 5.02 Å². The summed E-state index contributed by atoms with van der Waals surface area (Å²) in [6.07, 6.45) is 6.08. The summed E-state index contributed by atoms with van der Waals surface area (Å²) < 4.78 is 11.0. The maximum absolute atomic E-state index is 12.3. The molecule has 2 saturated heterocycles. The third-order valence-electron chi connectivity index (χ3n) is 5.67. The van der Waals surface area contributed by atoms with E-state index in [9.17, 15) is 4.79 Å². The molecule has 3 heterocycles. The second kappa shape index (κ2) is 10.2. The minimum atomic E-state index is -0.0884. The summed E-state index contributed by atoms with van der Waals surface area (Å²) in [4.78, 5) is 16.6. The SMILES string of the molecule is O=C(C[C@@H]1CCCO1)Nc1cc(-c2cccc(NCC3CCOCC3)c2)c(Cl)cn1. The first kappa shape index (κ1) is 21.1. The van der Waals surface area contributed by atoms with Crippen molar-refractivity contribution in [3.8, 4) is 11.1 Å². The zero-order chi connectivity index (χ0) is 20.8. The van der Waals surface area contributed by atoms with Crippen molar-refractivity contribution in [1.82, 2.24) is 4.98 Å². The first-order valence-electron chi connectivity index (χ1n) is 10.7. The highest BCUT2D eigenvalue weighted by Crippen LogP contribution is 2.31. The molecule has 6 nitrogen and oxygen atoms in total. The van der Waals surface area contributed by atoms with Gasteiger partial charge in [-0.3, -0.25) is 4.79 Å². The topological polar surface area (TPSA) is 72.5 Å². The number of nitrogens with one attached hydrogen (secondary N) is 2. The van der Waals surface area contributed by atoms with Crippen LogP contribution >= 0.6 is 11.6 Å². The summed E-state index contributed by atoms with van der Waals surface area (Å²) in [5.41, 5.74) is 2.87. The first-order valence-corrected chi connectivity index (χ1v) is 11.0. The highest BCUT2D eigenvalue weighted by Gasteiger charge is 2.19. The van der Waals surface area contributed by atoms with E-state index >= 15 is 0 Å². The van der Waals surface area contributed by atoms with E-state index < -0.39 is 0 Å². The number of carbonyl (C=O) groups is 1. The molecule has 1 atom stereocenters. The van der Waals surface area contributed by atoms with Gasteiger partial charge < -0.3 is 20.1 Å². The van der Waals surface area contributed by atoms with Crippen molar-refractivity contribution in [2.45, 2.75) is 38.2 Å². The third kappa shape index (κ3) is 5.72. The fraction of sp³-hybridized carbons (Fsp3) is 0.478. The molecule has 1 amide bonds. The number of halogens is 1. The average Bonchev–Trinajstić information content (AvgIpc) is 3.27. The second-order valence-corrected chi connectivity index (χ2v) is 8.36. The Kier molecular flexibility index (Phi) is 7.20. The summed E-state index contributed by atoms with van der Waals surface area (Å²) in [5.74, 6) is 1.05. The van der Waals surface area contributed by atoms with Crippen molar-refractivity contribution >= 4 is 29.0 Å². The quantitative estimate of drug-likeness (QED) is 0.664. The molecule has 160 valence electrons. The van der Waals surface area contributed by atoms with Crippen LogP contribution in [0, 0.1) is 5.92 Å². The third-order valence-corrected chi connectivity index (χ3v) is 5.97. The summed E-state index contributed by atoms with van der Waals surface area (Å²) in [5, 5.41) is 6.96. The van der Waals surface area contributed by atoms with Crippen molar-refractivity contribution < 1.29 is 14.3 Å². The highest BCUT2D eigenvalue weighted by atomic mass is 35.5. The molecule has 0 unspecified atom stereocenters. The predicted octanol–water partition coefficient (Wildman–Crippen LogP) is 4.75. The molecule has 0 aliphatic carbocycles. The Balaban J connectivity index is 1.42. The molecule has 2 N–H and O–H groups in total. The number of hydrogen-bond acceptors (Lipinski definition) is 5. The normalized spacial score (nSPS) is 19.6. The van der Waals surface area contributed by atoms with Crippen molar-refractivity contribution in [2.24, 2.45) is 5.92 Å². The molecule has 2 aromatic rings. The largest absolute Gasteiger partial charge is 0.385 e. The number of nitrogens with zero attached hydrogens (tertiary/aromatic N) is 1. The average molecular weight is 430 g/mol. The van der Waals surface area contributed by atoms with Gasteiger partial charge >= 0.3 is 0 Å². The summed E-state index contributed by atoms with van der Waals surface area (Å²) in [6.45, 7) is 3.36. The highest BCUT2D eigenvalue weighted by molar-refractivity contribution is 6.33. The van der Waals surface area contributed by atoms with Gasteiger partial charge in [0.25, 0.3) is 0 Å². The fourth-order valence-electron chi connectivity index (χ4n) is 3.94. The number of pyridine rings is 1. The van der Waals surface area contributed by atoms with E-state index in [1.165, 1.54) is 0 Å². The van der Waals surface area contributed by atoms with Crippen LogP contribution in [-0.4, -0.2) is 43.4 Å². The van der Waals surface area contributed by atoms with Crippen LogP contribution in [0.15, 0.2) is 36.5 Å². The molecule has 0 saturated carbocycles. The number of benzene rings is 1. The van der Waals surface area contributed by atoms with E-state index in [2.05, 4.69) is 27.8 Å². The minimum Gasteiger partial charge on any atom is -0.385 e. The van der Waals surface area contributed by atoms with Gasteiger partial charge in [0.05, 0.1) is 17.5 Å². The molecule has 7 heteroatoms. The number of hydrogen-bond donors (Lipinski definition) is 2. The Morgan fingerprint density at radius 3 is 2.83 bits per heavy atom. The molecule has 2 aliphatic heterocycles. The van der Waals surface area contributed by atoms with E-state index in [1.54, 1.807) is 6.20 Å². The Morgan fingerprint density at radius 1 is 1.17 bits per heavy atom. The molecule has 4 rings (SSSR count). The smallest absolute Gasteiger partial charge is 0.228 e. The Hall–Kier alpha value is -2.15. The van der Waals surface area contributed by atoms with Crippen LogP contribution in [0.1, 0.15) is 32.1 Å². The van der Waals surface area contributed by atoms with E-state index in [0.29, 0.717) is 23.2 Å². The van der Waals surface area contributed by atoms with Crippen molar-refractivity contribution in [3.63, 3.8) is 0 Å². The molecule has 30 heavy (non-hydrogen) atoms. The van der Waals surface area contributed by atoms with Crippen molar-refractivity contribution in [3.05, 3.63) is 41.6 Å². The van der Waals surface area contributed by atoms with E-state index in [-0.39, 0.29) is 12.0 Å². The van der Waals surface area contributed by atoms with Gasteiger partial charge in [-0.2, -0.15) is 0 Å². The standard InChI is InChI=1S/C23H28ClN3O3/c24-21-15-26-22(27-23(28)12-19-5-2-8-30-19)13-20(21)17-3-1-4-18(11-17)25-14-16-6-9-29-10-7-16/h1,3-4,11,13,15-16,19,25H,2,5-10,12,14H2,(H,26,27,28)/t19-/m0/s1. The maximum atomic E-state index is 12.3. The summed E-state index contributed by atoms with van der Waals surface area (Å²) in [6, 6.07) is 9.99. The molecular weight excluding hydrogens is 402 g/mol. The molecular formula is C23H28ClN3O3. The Labute approximate surface area is 182 Å². The van der Waals surface area contributed by atoms with Gasteiger partial charge in [-0.25, -0.2) is 4.98 Å². The van der Waals surface area contributed by atoms with E-state index in [1.807, 2.05) is 18.2 Å². The lowest BCUT2D eigenvalue weighted by atomic mass is 10.00. The monoisotopic (exact) mass is 429 g/mol. The number of anilines is 2. The van der Waals surface area contributed by atoms with Crippen LogP contribution in [0.5, 0.6) is 0 Å². The van der Waals surface area contributed by atoms with Crippen molar-refractivity contribution in [2.75, 3.05) is 37.0 Å². The number of amides is 1. The van der Waals surface area contributed by atoms with E-state index in [4.69, 9.17) is 21.1 Å². The minimum absolute atomic E-state index is 0.00949. The summed E-state index contributed by atoms with van der Waals surface area (Å²) >= 11 is 6.43. The van der Waals surface area contributed by atoms with Crippen LogP contribution in [0.25, 0.3) is 11.1 Å². The predicted molar refractivity (Wildman–Crippen MR) is 119 cm³/mol. The fourth-order valence-corrected chi connectivity index (χ4v) is 4.16. The lowest BCUT2D eigenvalue weighted by Gasteiger charge is -2.22. The number of ether oxygens (including phenoxy) is 2. The molecule has 2 fully saturated rings. The van der Waals surface area contributed by atoms with Gasteiger partial charge in [-0.05, 0) is 55.4 Å². The van der Waals surface area contributed by atoms with Crippen molar-refractivity contribution in [1.29, 1.82) is 0 Å². The van der Waals surface area contributed by atoms with E-state index in [0.717, 1.165) is 68.9 Å². The van der Waals surface area contributed by atoms with Crippen LogP contribution in [-0.2, 0) is 14.3 Å². The van der Waals surface area contributed by atoms with Crippen LogP contribution < -0.4 is 10.6 Å². The second-order valence-electron chi connectivity index (χ2n) is 7.95. The summed E-state index contributed by atoms with van der Waals surface area (Å²) in [7, 11) is 0. The Morgan fingerprint density at radius 2 is 2.03 bits per heavy atom. The van der Waals surface area contributed by atoms with Crippen LogP contribution in [0.3, 0.4) is 0 Å². The zero-order valence-electron chi connectivity index (χ0n) is 17.0.